The molecule has 4 aliphatic rings. The maximum Gasteiger partial charge on any atom is 0.245 e. The minimum absolute atomic E-state index is 0.0556. The van der Waals surface area contributed by atoms with Crippen LogP contribution in [-0.4, -0.2) is 30.4 Å². The number of nitrogens with two attached hydrogens (primary N) is 1. The normalized spacial score (nSPS) is 44.5. The van der Waals surface area contributed by atoms with Crippen LogP contribution in [0.2, 0.25) is 0 Å². The Balaban J connectivity index is 0.000000182. The van der Waals surface area contributed by atoms with Crippen LogP contribution < -0.4 is 5.73 Å². The Morgan fingerprint density at radius 1 is 1.15 bits per heavy atom. The minimum Gasteiger partial charge on any atom is -0.345 e. The maximum atomic E-state index is 10.3. The van der Waals surface area contributed by atoms with Crippen molar-refractivity contribution in [1.82, 2.24) is 4.90 Å². The molecule has 20 heavy (non-hydrogen) atoms. The van der Waals surface area contributed by atoms with Gasteiger partial charge in [-0.05, 0) is 61.3 Å². The van der Waals surface area contributed by atoms with E-state index in [-0.39, 0.29) is 11.4 Å². The number of rotatable bonds is 1. The zero-order valence-corrected chi connectivity index (χ0v) is 13.5. The van der Waals surface area contributed by atoms with E-state index >= 15 is 0 Å². The second-order valence-electron chi connectivity index (χ2n) is 8.43. The predicted molar refractivity (Wildman–Crippen MR) is 83.2 cm³/mol. The highest BCUT2D eigenvalue weighted by Crippen LogP contribution is 2.65. The van der Waals surface area contributed by atoms with Gasteiger partial charge in [-0.15, -0.1) is 0 Å². The average molecular weight is 278 g/mol. The Labute approximate surface area is 123 Å². The maximum absolute atomic E-state index is 10.3. The van der Waals surface area contributed by atoms with E-state index < -0.39 is 0 Å². The van der Waals surface area contributed by atoms with E-state index in [1.165, 1.54) is 49.5 Å². The Hall–Kier alpha value is -0.830. The van der Waals surface area contributed by atoms with E-state index in [1.54, 1.807) is 14.1 Å². The van der Waals surface area contributed by atoms with Crippen LogP contribution in [0, 0.1) is 16.7 Å². The molecular weight excluding hydrogens is 248 g/mol. The molecule has 0 heterocycles. The van der Waals surface area contributed by atoms with Crippen molar-refractivity contribution < 1.29 is 4.79 Å². The third-order valence-electron chi connectivity index (χ3n) is 5.28. The number of carbonyl (C=O) groups excluding carboxylic acids is 1. The first kappa shape index (κ1) is 15.6. The number of hydrogen-bond acceptors (Lipinski definition) is 2. The number of carbonyl (C=O) groups is 1. The van der Waals surface area contributed by atoms with Gasteiger partial charge in [0, 0.05) is 19.6 Å². The molecule has 4 fully saturated rings. The number of amides is 1. The highest BCUT2D eigenvalue weighted by atomic mass is 16.2. The van der Waals surface area contributed by atoms with Gasteiger partial charge in [-0.25, -0.2) is 0 Å². The van der Waals surface area contributed by atoms with Gasteiger partial charge in [0.05, 0.1) is 0 Å². The van der Waals surface area contributed by atoms with Crippen molar-refractivity contribution in [2.24, 2.45) is 22.5 Å². The molecule has 4 aliphatic carbocycles. The quantitative estimate of drug-likeness (QED) is 0.750. The summed E-state index contributed by atoms with van der Waals surface area (Å²) in [5.41, 5.74) is 7.92. The summed E-state index contributed by atoms with van der Waals surface area (Å²) in [4.78, 5) is 11.8. The summed E-state index contributed by atoms with van der Waals surface area (Å²) in [7, 11) is 3.37. The van der Waals surface area contributed by atoms with E-state index in [9.17, 15) is 4.79 Å². The van der Waals surface area contributed by atoms with Crippen LogP contribution in [0.5, 0.6) is 0 Å². The molecule has 0 aromatic rings. The van der Waals surface area contributed by atoms with Crippen LogP contribution >= 0.6 is 0 Å². The molecule has 4 saturated carbocycles. The molecule has 3 heteroatoms. The van der Waals surface area contributed by atoms with Crippen LogP contribution in [0.4, 0.5) is 0 Å². The first-order chi connectivity index (χ1) is 9.09. The van der Waals surface area contributed by atoms with Gasteiger partial charge in [0.2, 0.25) is 5.91 Å². The van der Waals surface area contributed by atoms with Gasteiger partial charge in [-0.1, -0.05) is 20.4 Å². The number of likely N-dealkylation sites (N-methyl/N-ethyl adjacent to an activating group) is 1. The zero-order valence-electron chi connectivity index (χ0n) is 13.5. The largest absolute Gasteiger partial charge is 0.345 e. The fourth-order valence-electron chi connectivity index (χ4n) is 5.72. The fourth-order valence-corrected chi connectivity index (χ4v) is 5.72. The SMILES string of the molecule is C=CC(=O)N(C)C.CC12CC3CC(C)(C1)CC(N)(C3)C2. The molecule has 4 rings (SSSR count). The monoisotopic (exact) mass is 278 g/mol. The first-order valence-corrected chi connectivity index (χ1v) is 7.71. The molecule has 3 nitrogen and oxygen atoms in total. The highest BCUT2D eigenvalue weighted by Gasteiger charge is 2.58. The van der Waals surface area contributed by atoms with Crippen LogP contribution in [0.25, 0.3) is 0 Å². The van der Waals surface area contributed by atoms with E-state index in [4.69, 9.17) is 5.73 Å². The summed E-state index contributed by atoms with van der Waals surface area (Å²) in [6.07, 6.45) is 9.55. The van der Waals surface area contributed by atoms with Crippen molar-refractivity contribution in [2.45, 2.75) is 57.9 Å². The van der Waals surface area contributed by atoms with Gasteiger partial charge >= 0.3 is 0 Å². The third-order valence-corrected chi connectivity index (χ3v) is 5.28. The summed E-state index contributed by atoms with van der Waals surface area (Å²) in [5, 5.41) is 0. The third kappa shape index (κ3) is 3.08. The van der Waals surface area contributed by atoms with E-state index in [0.717, 1.165) is 5.92 Å². The molecule has 0 spiro atoms. The number of nitrogens with zero attached hydrogens (tertiary/aromatic N) is 1. The summed E-state index contributed by atoms with van der Waals surface area (Å²) in [6.45, 7) is 8.23. The molecule has 0 radical (unpaired) electrons. The lowest BCUT2D eigenvalue weighted by atomic mass is 9.43. The van der Waals surface area contributed by atoms with Gasteiger partial charge in [-0.2, -0.15) is 0 Å². The molecule has 0 aromatic carbocycles. The molecular formula is C17H30N2O. The van der Waals surface area contributed by atoms with E-state index in [2.05, 4.69) is 20.4 Å². The summed E-state index contributed by atoms with van der Waals surface area (Å²) in [6, 6.07) is 0. The van der Waals surface area contributed by atoms with Crippen LogP contribution in [-0.2, 0) is 4.79 Å². The molecule has 4 bridgehead atoms. The highest BCUT2D eigenvalue weighted by molar-refractivity contribution is 5.86. The predicted octanol–water partition coefficient (Wildman–Crippen LogP) is 2.95. The first-order valence-electron chi connectivity index (χ1n) is 7.71. The average Bonchev–Trinajstić information content (AvgIpc) is 2.21. The molecule has 0 aliphatic heterocycles. The molecule has 2 unspecified atom stereocenters. The van der Waals surface area contributed by atoms with E-state index in [1.807, 2.05) is 0 Å². The van der Waals surface area contributed by atoms with Gasteiger partial charge < -0.3 is 10.6 Å². The lowest BCUT2D eigenvalue weighted by Crippen LogP contribution is -2.62. The Kier molecular flexibility index (Phi) is 3.79. The lowest BCUT2D eigenvalue weighted by Gasteiger charge is -2.64. The zero-order chi connectivity index (χ0) is 15.2. The Morgan fingerprint density at radius 3 is 1.90 bits per heavy atom. The summed E-state index contributed by atoms with van der Waals surface area (Å²) >= 11 is 0. The van der Waals surface area contributed by atoms with Crippen LogP contribution in [0.1, 0.15) is 52.4 Å². The van der Waals surface area contributed by atoms with Crippen LogP contribution in [0.3, 0.4) is 0 Å². The van der Waals surface area contributed by atoms with Crippen molar-refractivity contribution in [2.75, 3.05) is 14.1 Å². The second kappa shape index (κ2) is 4.87. The molecule has 1 amide bonds. The smallest absolute Gasteiger partial charge is 0.245 e. The second-order valence-corrected chi connectivity index (χ2v) is 8.43. The summed E-state index contributed by atoms with van der Waals surface area (Å²) in [5.74, 6) is 0.899. The summed E-state index contributed by atoms with van der Waals surface area (Å²) < 4.78 is 0. The number of hydrogen-bond donors (Lipinski definition) is 1. The molecule has 114 valence electrons. The van der Waals surface area contributed by atoms with Gasteiger partial charge in [0.15, 0.2) is 0 Å². The van der Waals surface area contributed by atoms with Crippen molar-refractivity contribution >= 4 is 5.91 Å². The molecule has 2 N–H and O–H groups in total. The Bertz CT molecular complexity index is 364. The molecule has 0 saturated heterocycles. The van der Waals surface area contributed by atoms with Gasteiger partial charge in [0.25, 0.3) is 0 Å². The van der Waals surface area contributed by atoms with Gasteiger partial charge in [-0.3, -0.25) is 4.79 Å². The topological polar surface area (TPSA) is 46.3 Å². The minimum atomic E-state index is -0.0556. The fraction of sp³-hybridized carbons (Fsp3) is 0.824. The van der Waals surface area contributed by atoms with E-state index in [0.29, 0.717) is 10.8 Å². The van der Waals surface area contributed by atoms with Crippen molar-refractivity contribution in [3.8, 4) is 0 Å². The van der Waals surface area contributed by atoms with Gasteiger partial charge in [0.1, 0.15) is 0 Å². The standard InChI is InChI=1S/C12H21N.C5H9NO/c1-10-3-9-4-11(2,6-10)8-12(13,5-9)7-10;1-4-5(7)6(2)3/h9H,3-8,13H2,1-2H3;4H,1H2,2-3H3. The lowest BCUT2D eigenvalue weighted by molar-refractivity contribution is -0.123. The molecule has 2 atom stereocenters. The van der Waals surface area contributed by atoms with Crippen LogP contribution in [0.15, 0.2) is 12.7 Å². The molecule has 0 aromatic heterocycles. The van der Waals surface area contributed by atoms with Crippen molar-refractivity contribution in [1.29, 1.82) is 0 Å². The Morgan fingerprint density at radius 2 is 1.65 bits per heavy atom. The van der Waals surface area contributed by atoms with Crippen molar-refractivity contribution in [3.05, 3.63) is 12.7 Å². The van der Waals surface area contributed by atoms with Crippen molar-refractivity contribution in [3.63, 3.8) is 0 Å².